The van der Waals surface area contributed by atoms with E-state index < -0.39 is 0 Å². The predicted molar refractivity (Wildman–Crippen MR) is 67.9 cm³/mol. The molecule has 0 saturated heterocycles. The van der Waals surface area contributed by atoms with Gasteiger partial charge in [-0.2, -0.15) is 0 Å². The molecule has 1 aromatic carbocycles. The van der Waals surface area contributed by atoms with Crippen LogP contribution in [0.3, 0.4) is 0 Å². The molecule has 3 rings (SSSR count). The molecule has 1 saturated carbocycles. The molecule has 0 bridgehead atoms. The lowest BCUT2D eigenvalue weighted by Crippen LogP contribution is -2.29. The Morgan fingerprint density at radius 1 is 1.33 bits per heavy atom. The summed E-state index contributed by atoms with van der Waals surface area (Å²) >= 11 is 0. The Bertz CT molecular complexity index is 468. The van der Waals surface area contributed by atoms with E-state index in [-0.39, 0.29) is 18.1 Å². The Morgan fingerprint density at radius 2 is 2.00 bits per heavy atom. The Morgan fingerprint density at radius 3 is 2.56 bits per heavy atom. The zero-order valence-electron chi connectivity index (χ0n) is 10.8. The number of rotatable bonds is 4. The molecule has 98 valence electrons. The SMILES string of the molecule is CNC(c1cc2c(cc1C)OCO2)C1(CO)CC1. The molecule has 4 nitrogen and oxygen atoms in total. The molecule has 1 fully saturated rings. The first-order valence-corrected chi connectivity index (χ1v) is 6.38. The first-order chi connectivity index (χ1) is 8.70. The van der Waals surface area contributed by atoms with Gasteiger partial charge in [-0.15, -0.1) is 0 Å². The van der Waals surface area contributed by atoms with Crippen molar-refractivity contribution in [1.82, 2.24) is 5.32 Å². The van der Waals surface area contributed by atoms with Gasteiger partial charge in [0.25, 0.3) is 0 Å². The van der Waals surface area contributed by atoms with Gasteiger partial charge in [-0.05, 0) is 50.1 Å². The van der Waals surface area contributed by atoms with Gasteiger partial charge in [-0.1, -0.05) is 0 Å². The number of aliphatic hydroxyl groups excluding tert-OH is 1. The monoisotopic (exact) mass is 249 g/mol. The van der Waals surface area contributed by atoms with Gasteiger partial charge in [0.1, 0.15) is 0 Å². The Labute approximate surface area is 107 Å². The van der Waals surface area contributed by atoms with Gasteiger partial charge in [0.05, 0.1) is 6.61 Å². The first kappa shape index (κ1) is 11.8. The van der Waals surface area contributed by atoms with Crippen LogP contribution in [-0.2, 0) is 0 Å². The number of nitrogens with one attached hydrogen (secondary N) is 1. The van der Waals surface area contributed by atoms with Crippen LogP contribution in [0.1, 0.15) is 30.0 Å². The topological polar surface area (TPSA) is 50.7 Å². The normalized spacial score (nSPS) is 20.8. The highest BCUT2D eigenvalue weighted by atomic mass is 16.7. The number of hydrogen-bond donors (Lipinski definition) is 2. The Kier molecular flexibility index (Phi) is 2.72. The molecule has 1 aliphatic heterocycles. The molecule has 1 heterocycles. The van der Waals surface area contributed by atoms with Crippen LogP contribution in [-0.4, -0.2) is 25.6 Å². The van der Waals surface area contributed by atoms with E-state index >= 15 is 0 Å². The fourth-order valence-electron chi connectivity index (χ4n) is 2.86. The molecule has 0 aromatic heterocycles. The lowest BCUT2D eigenvalue weighted by atomic mass is 9.88. The maximum absolute atomic E-state index is 9.61. The van der Waals surface area contributed by atoms with Gasteiger partial charge in [-0.3, -0.25) is 0 Å². The third-order valence-electron chi connectivity index (χ3n) is 4.18. The lowest BCUT2D eigenvalue weighted by molar-refractivity contribution is 0.172. The minimum atomic E-state index is 0.00715. The summed E-state index contributed by atoms with van der Waals surface area (Å²) in [6, 6.07) is 4.25. The van der Waals surface area contributed by atoms with Crippen molar-refractivity contribution >= 4 is 0 Å². The molecule has 18 heavy (non-hydrogen) atoms. The summed E-state index contributed by atoms with van der Waals surface area (Å²) in [4.78, 5) is 0. The summed E-state index contributed by atoms with van der Waals surface area (Å²) in [5.74, 6) is 1.63. The van der Waals surface area contributed by atoms with Gasteiger partial charge < -0.3 is 19.9 Å². The van der Waals surface area contributed by atoms with E-state index in [1.165, 1.54) is 11.1 Å². The predicted octanol–water partition coefficient (Wildman–Crippen LogP) is 1.76. The molecule has 1 atom stereocenters. The summed E-state index contributed by atoms with van der Waals surface area (Å²) in [5.41, 5.74) is 2.39. The maximum Gasteiger partial charge on any atom is 0.231 e. The molecule has 0 amide bonds. The molecule has 4 heteroatoms. The molecule has 1 aromatic rings. The van der Waals surface area contributed by atoms with Crippen LogP contribution >= 0.6 is 0 Å². The summed E-state index contributed by atoms with van der Waals surface area (Å²) in [6.45, 7) is 2.61. The fourth-order valence-corrected chi connectivity index (χ4v) is 2.86. The van der Waals surface area contributed by atoms with Crippen molar-refractivity contribution in [2.75, 3.05) is 20.4 Å². The van der Waals surface area contributed by atoms with E-state index in [4.69, 9.17) is 9.47 Å². The lowest BCUT2D eigenvalue weighted by Gasteiger charge is -2.27. The van der Waals surface area contributed by atoms with Crippen LogP contribution in [0, 0.1) is 12.3 Å². The van der Waals surface area contributed by atoms with Crippen LogP contribution in [0.15, 0.2) is 12.1 Å². The number of aliphatic hydroxyl groups is 1. The van der Waals surface area contributed by atoms with E-state index in [2.05, 4.69) is 18.3 Å². The molecule has 0 spiro atoms. The Balaban J connectivity index is 2.00. The highest BCUT2D eigenvalue weighted by Gasteiger charge is 2.49. The maximum atomic E-state index is 9.61. The number of ether oxygens (including phenoxy) is 2. The minimum Gasteiger partial charge on any atom is -0.454 e. The fraction of sp³-hybridized carbons (Fsp3) is 0.571. The summed E-state index contributed by atoms with van der Waals surface area (Å²) in [6.07, 6.45) is 2.14. The highest BCUT2D eigenvalue weighted by Crippen LogP contribution is 2.55. The molecular weight excluding hydrogens is 230 g/mol. The standard InChI is InChI=1S/C14H19NO3/c1-9-5-11-12(18-8-17-11)6-10(9)13(15-2)14(7-16)3-4-14/h5-6,13,15-16H,3-4,7-8H2,1-2H3. The van der Waals surface area contributed by atoms with Crippen molar-refractivity contribution < 1.29 is 14.6 Å². The van der Waals surface area contributed by atoms with Crippen molar-refractivity contribution in [2.45, 2.75) is 25.8 Å². The van der Waals surface area contributed by atoms with Gasteiger partial charge in [0.15, 0.2) is 11.5 Å². The summed E-state index contributed by atoms with van der Waals surface area (Å²) in [7, 11) is 1.95. The third kappa shape index (κ3) is 1.68. The van der Waals surface area contributed by atoms with Gasteiger partial charge in [0.2, 0.25) is 6.79 Å². The average molecular weight is 249 g/mol. The van der Waals surface area contributed by atoms with E-state index in [9.17, 15) is 5.11 Å². The Hall–Kier alpha value is -1.26. The van der Waals surface area contributed by atoms with Gasteiger partial charge in [0, 0.05) is 11.5 Å². The molecule has 1 unspecified atom stereocenters. The molecular formula is C14H19NO3. The van der Waals surface area contributed by atoms with E-state index in [1.54, 1.807) is 0 Å². The first-order valence-electron chi connectivity index (χ1n) is 6.38. The number of aryl methyl sites for hydroxylation is 1. The van der Waals surface area contributed by atoms with E-state index in [1.807, 2.05) is 13.1 Å². The zero-order valence-corrected chi connectivity index (χ0v) is 10.8. The smallest absolute Gasteiger partial charge is 0.231 e. The van der Waals surface area contributed by atoms with Gasteiger partial charge >= 0.3 is 0 Å². The molecule has 0 radical (unpaired) electrons. The van der Waals surface area contributed by atoms with E-state index in [0.29, 0.717) is 6.79 Å². The van der Waals surface area contributed by atoms with Crippen LogP contribution in [0.4, 0.5) is 0 Å². The number of fused-ring (bicyclic) bond motifs is 1. The summed E-state index contributed by atoms with van der Waals surface area (Å²) in [5, 5.41) is 13.0. The second-order valence-corrected chi connectivity index (χ2v) is 5.30. The second-order valence-electron chi connectivity index (χ2n) is 5.30. The second kappa shape index (κ2) is 4.14. The van der Waals surface area contributed by atoms with Crippen molar-refractivity contribution in [2.24, 2.45) is 5.41 Å². The van der Waals surface area contributed by atoms with Crippen LogP contribution in [0.2, 0.25) is 0 Å². The quantitative estimate of drug-likeness (QED) is 0.853. The van der Waals surface area contributed by atoms with Crippen molar-refractivity contribution in [3.05, 3.63) is 23.3 Å². The average Bonchev–Trinajstić information content (AvgIpc) is 3.03. The van der Waals surface area contributed by atoms with Crippen LogP contribution in [0.5, 0.6) is 11.5 Å². The molecule has 1 aliphatic carbocycles. The van der Waals surface area contributed by atoms with E-state index in [0.717, 1.165) is 24.3 Å². The highest BCUT2D eigenvalue weighted by molar-refractivity contribution is 5.50. The summed E-state index contributed by atoms with van der Waals surface area (Å²) < 4.78 is 10.8. The van der Waals surface area contributed by atoms with Crippen molar-refractivity contribution in [3.8, 4) is 11.5 Å². The molecule has 2 N–H and O–H groups in total. The van der Waals surface area contributed by atoms with Crippen molar-refractivity contribution in [3.63, 3.8) is 0 Å². The zero-order chi connectivity index (χ0) is 12.8. The largest absolute Gasteiger partial charge is 0.454 e. The van der Waals surface area contributed by atoms with Crippen molar-refractivity contribution in [1.29, 1.82) is 0 Å². The number of hydrogen-bond acceptors (Lipinski definition) is 4. The third-order valence-corrected chi connectivity index (χ3v) is 4.18. The minimum absolute atomic E-state index is 0.00715. The van der Waals surface area contributed by atoms with Gasteiger partial charge in [-0.25, -0.2) is 0 Å². The van der Waals surface area contributed by atoms with Crippen LogP contribution in [0.25, 0.3) is 0 Å². The molecule has 2 aliphatic rings. The number of benzene rings is 1. The van der Waals surface area contributed by atoms with Crippen LogP contribution < -0.4 is 14.8 Å².